The van der Waals surface area contributed by atoms with Crippen LogP contribution in [0.1, 0.15) is 43.4 Å². The van der Waals surface area contributed by atoms with Gasteiger partial charge in [-0.2, -0.15) is 0 Å². The smallest absolute Gasteiger partial charge is 0.266 e. The summed E-state index contributed by atoms with van der Waals surface area (Å²) in [6.45, 7) is 2.89. The third-order valence-corrected chi connectivity index (χ3v) is 8.59. The van der Waals surface area contributed by atoms with E-state index in [1.807, 2.05) is 6.92 Å². The molecule has 1 aliphatic heterocycles. The number of benzene rings is 3. The van der Waals surface area contributed by atoms with Crippen molar-refractivity contribution in [3.8, 4) is 11.5 Å². The fourth-order valence-electron chi connectivity index (χ4n) is 4.59. The lowest BCUT2D eigenvalue weighted by Gasteiger charge is -2.30. The monoisotopic (exact) mass is 595 g/mol. The van der Waals surface area contributed by atoms with Crippen molar-refractivity contribution in [2.24, 2.45) is 4.99 Å². The van der Waals surface area contributed by atoms with E-state index >= 15 is 0 Å². The molecule has 0 bridgehead atoms. The summed E-state index contributed by atoms with van der Waals surface area (Å²) in [5.74, 6) is 0.524. The van der Waals surface area contributed by atoms with Gasteiger partial charge in [0.25, 0.3) is 5.91 Å². The van der Waals surface area contributed by atoms with Crippen molar-refractivity contribution in [2.45, 2.75) is 42.7 Å². The molecule has 10 nitrogen and oxygen atoms in total. The summed E-state index contributed by atoms with van der Waals surface area (Å²) >= 11 is 0. The Balaban J connectivity index is 1.76. The maximum Gasteiger partial charge on any atom is 0.266 e. The van der Waals surface area contributed by atoms with Crippen molar-refractivity contribution in [3.63, 3.8) is 0 Å². The molecule has 3 aromatic carbocycles. The van der Waals surface area contributed by atoms with Crippen molar-refractivity contribution in [1.82, 2.24) is 10.9 Å². The number of hydrogen-bond acceptors (Lipinski definition) is 9. The molecule has 0 saturated heterocycles. The lowest BCUT2D eigenvalue weighted by Crippen LogP contribution is -2.53. The van der Waals surface area contributed by atoms with Gasteiger partial charge in [-0.1, -0.05) is 37.3 Å². The molecular formula is C31H37N3O7S. The van der Waals surface area contributed by atoms with Gasteiger partial charge in [-0.3, -0.25) is 10.2 Å². The number of aliphatic hydroxyl groups is 1. The number of aliphatic hydroxyl groups excluding tert-OH is 1. The van der Waals surface area contributed by atoms with Crippen LogP contribution in [0.3, 0.4) is 0 Å². The fourth-order valence-corrected chi connectivity index (χ4v) is 5.97. The Morgan fingerprint density at radius 3 is 2.50 bits per heavy atom. The summed E-state index contributed by atoms with van der Waals surface area (Å²) in [4.78, 5) is 19.0. The minimum atomic E-state index is -3.75. The highest BCUT2D eigenvalue weighted by atomic mass is 32.2. The van der Waals surface area contributed by atoms with Crippen LogP contribution in [-0.4, -0.2) is 63.5 Å². The van der Waals surface area contributed by atoms with Crippen LogP contribution < -0.4 is 20.3 Å². The van der Waals surface area contributed by atoms with Crippen LogP contribution in [0, 0.1) is 0 Å². The van der Waals surface area contributed by atoms with Crippen LogP contribution in [-0.2, 0) is 19.4 Å². The molecule has 2 atom stereocenters. The van der Waals surface area contributed by atoms with Crippen LogP contribution in [0.25, 0.3) is 0 Å². The van der Waals surface area contributed by atoms with Gasteiger partial charge in [0.2, 0.25) is 5.90 Å². The number of hydrazine groups is 1. The summed E-state index contributed by atoms with van der Waals surface area (Å²) in [6.07, 6.45) is 0.192. The number of hydrogen-bond donors (Lipinski definition) is 3. The largest absolute Gasteiger partial charge is 0.497 e. The molecule has 0 spiro atoms. The molecule has 11 heteroatoms. The van der Waals surface area contributed by atoms with Gasteiger partial charge in [0, 0.05) is 31.6 Å². The first-order valence-corrected chi connectivity index (χ1v) is 15.5. The molecule has 0 saturated carbocycles. The number of carbonyl (C=O) groups excluding carboxylic acids is 1. The Hall–Kier alpha value is -3.93. The number of aliphatic imine (C=N–C) groups is 1. The number of carbonyl (C=O) groups is 1. The molecular weight excluding hydrogens is 558 g/mol. The van der Waals surface area contributed by atoms with Crippen LogP contribution in [0.5, 0.6) is 11.5 Å². The topological polar surface area (TPSA) is 136 Å². The first-order chi connectivity index (χ1) is 20.3. The van der Waals surface area contributed by atoms with E-state index in [9.17, 15) is 13.2 Å². The Morgan fingerprint density at radius 2 is 1.81 bits per heavy atom. The third-order valence-electron chi connectivity index (χ3n) is 6.86. The van der Waals surface area contributed by atoms with E-state index in [-0.39, 0.29) is 29.6 Å². The second-order valence-electron chi connectivity index (χ2n) is 9.83. The van der Waals surface area contributed by atoms with Crippen molar-refractivity contribution >= 4 is 21.6 Å². The first kappa shape index (κ1) is 31.0. The molecule has 4 rings (SSSR count). The Bertz CT molecular complexity index is 1460. The Kier molecular flexibility index (Phi) is 10.6. The van der Waals surface area contributed by atoms with E-state index in [0.717, 1.165) is 6.42 Å². The molecule has 224 valence electrons. The number of rotatable bonds is 15. The number of ether oxygens (including phenoxy) is 3. The van der Waals surface area contributed by atoms with E-state index in [1.165, 1.54) is 12.1 Å². The second kappa shape index (κ2) is 14.3. The molecule has 0 unspecified atom stereocenters. The SMILES string of the molecule is CCCNNC(=O)[C@@]1(CCS(=O)(=O)c2ccccc2)N=C(c2ccc(OCCCO)cc2)O[C@H]1c1cccc(OC)c1. The zero-order chi connectivity index (χ0) is 30.0. The van der Waals surface area contributed by atoms with E-state index in [4.69, 9.17) is 24.3 Å². The highest BCUT2D eigenvalue weighted by Gasteiger charge is 2.53. The third kappa shape index (κ3) is 7.28. The lowest BCUT2D eigenvalue weighted by molar-refractivity contribution is -0.130. The summed E-state index contributed by atoms with van der Waals surface area (Å²) in [5.41, 5.74) is 5.23. The predicted octanol–water partition coefficient (Wildman–Crippen LogP) is 3.61. The molecule has 0 aromatic heterocycles. The van der Waals surface area contributed by atoms with Gasteiger partial charge in [0.1, 0.15) is 11.5 Å². The molecule has 0 aliphatic carbocycles. The number of nitrogens with one attached hydrogen (secondary N) is 2. The molecule has 0 fully saturated rings. The number of methoxy groups -OCH3 is 1. The Labute approximate surface area is 246 Å². The fraction of sp³-hybridized carbons (Fsp3) is 0.355. The zero-order valence-electron chi connectivity index (χ0n) is 23.8. The summed E-state index contributed by atoms with van der Waals surface area (Å²) in [5, 5.41) is 9.01. The molecule has 1 aliphatic rings. The molecule has 42 heavy (non-hydrogen) atoms. The molecule has 3 aromatic rings. The van der Waals surface area contributed by atoms with Gasteiger partial charge in [0.15, 0.2) is 21.5 Å². The molecule has 1 heterocycles. The maximum absolute atomic E-state index is 14.0. The molecule has 1 amide bonds. The first-order valence-electron chi connectivity index (χ1n) is 13.9. The van der Waals surface area contributed by atoms with E-state index in [1.54, 1.807) is 73.8 Å². The van der Waals surface area contributed by atoms with E-state index in [0.29, 0.717) is 42.2 Å². The maximum atomic E-state index is 14.0. The van der Waals surface area contributed by atoms with Gasteiger partial charge in [-0.05, 0) is 60.5 Å². The lowest BCUT2D eigenvalue weighted by atomic mass is 9.85. The van der Waals surface area contributed by atoms with Crippen molar-refractivity contribution in [2.75, 3.05) is 32.6 Å². The average Bonchev–Trinajstić information content (AvgIpc) is 3.42. The second-order valence-corrected chi connectivity index (χ2v) is 11.9. The van der Waals surface area contributed by atoms with Crippen LogP contribution >= 0.6 is 0 Å². The van der Waals surface area contributed by atoms with Gasteiger partial charge in [-0.25, -0.2) is 18.8 Å². The highest BCUT2D eigenvalue weighted by molar-refractivity contribution is 7.91. The summed E-state index contributed by atoms with van der Waals surface area (Å²) < 4.78 is 44.2. The van der Waals surface area contributed by atoms with Crippen LogP contribution in [0.15, 0.2) is 88.8 Å². The van der Waals surface area contributed by atoms with Crippen molar-refractivity contribution < 1.29 is 32.5 Å². The summed E-state index contributed by atoms with van der Waals surface area (Å²) in [6, 6.07) is 22.3. The standard InChI is InChI=1S/C31H37N3O7S/c1-3-18-32-34-30(36)31(17-21-42(37,38)27-11-5-4-6-12-27)28(24-9-7-10-26(22-24)39-2)41-29(33-31)23-13-15-25(16-14-23)40-20-8-19-35/h4-7,9-16,22,28,32,35H,3,8,17-21H2,1-2H3,(H,34,36)/t28-,31-/m0/s1. The molecule has 0 radical (unpaired) electrons. The highest BCUT2D eigenvalue weighted by Crippen LogP contribution is 2.43. The number of amides is 1. The number of nitrogens with zero attached hydrogens (tertiary/aromatic N) is 1. The summed E-state index contributed by atoms with van der Waals surface area (Å²) in [7, 11) is -2.20. The Morgan fingerprint density at radius 1 is 1.05 bits per heavy atom. The number of sulfone groups is 1. The van der Waals surface area contributed by atoms with Crippen molar-refractivity contribution in [1.29, 1.82) is 0 Å². The normalized spacial score (nSPS) is 18.2. The quantitative estimate of drug-likeness (QED) is 0.179. The van der Waals surface area contributed by atoms with Gasteiger partial charge < -0.3 is 19.3 Å². The zero-order valence-corrected chi connectivity index (χ0v) is 24.6. The van der Waals surface area contributed by atoms with E-state index < -0.39 is 27.4 Å². The minimum absolute atomic E-state index is 0.0334. The molecule has 3 N–H and O–H groups in total. The van der Waals surface area contributed by atoms with Crippen LogP contribution in [0.4, 0.5) is 0 Å². The van der Waals surface area contributed by atoms with Gasteiger partial charge >= 0.3 is 0 Å². The van der Waals surface area contributed by atoms with Crippen molar-refractivity contribution in [3.05, 3.63) is 90.0 Å². The van der Waals surface area contributed by atoms with Gasteiger partial charge in [-0.15, -0.1) is 0 Å². The predicted molar refractivity (Wildman–Crippen MR) is 159 cm³/mol. The van der Waals surface area contributed by atoms with Gasteiger partial charge in [0.05, 0.1) is 24.4 Å². The van der Waals surface area contributed by atoms with Crippen LogP contribution in [0.2, 0.25) is 0 Å². The van der Waals surface area contributed by atoms with E-state index in [2.05, 4.69) is 10.9 Å². The average molecular weight is 596 g/mol. The minimum Gasteiger partial charge on any atom is -0.497 e.